The Morgan fingerprint density at radius 3 is 2.90 bits per heavy atom. The van der Waals surface area contributed by atoms with Crippen molar-refractivity contribution in [1.82, 2.24) is 15.4 Å². The van der Waals surface area contributed by atoms with Gasteiger partial charge in [0.05, 0.1) is 27.5 Å². The molecule has 1 unspecified atom stereocenters. The molecule has 2 aromatic heterocycles. The summed E-state index contributed by atoms with van der Waals surface area (Å²) in [6, 6.07) is 9.18. The predicted octanol–water partition coefficient (Wildman–Crippen LogP) is 2.58. The lowest BCUT2D eigenvalue weighted by Crippen LogP contribution is -2.29. The molecule has 6 heteroatoms. The molecule has 102 valence electrons. The number of halogens is 1. The fourth-order valence-electron chi connectivity index (χ4n) is 2.07. The van der Waals surface area contributed by atoms with Gasteiger partial charge in [0.15, 0.2) is 0 Å². The van der Waals surface area contributed by atoms with E-state index in [0.29, 0.717) is 12.0 Å². The van der Waals surface area contributed by atoms with Crippen LogP contribution in [-0.4, -0.2) is 9.97 Å². The Balaban J connectivity index is 1.87. The first-order valence-corrected chi connectivity index (χ1v) is 6.99. The topological polar surface area (TPSA) is 63.8 Å². The van der Waals surface area contributed by atoms with Gasteiger partial charge in [-0.1, -0.05) is 12.1 Å². The fourth-order valence-corrected chi connectivity index (χ4v) is 3.09. The Bertz CT molecular complexity index is 695. The molecule has 4 nitrogen and oxygen atoms in total. The number of fused-ring (bicyclic) bond motifs is 1. The van der Waals surface area contributed by atoms with Crippen LogP contribution < -0.4 is 11.3 Å². The van der Waals surface area contributed by atoms with E-state index in [1.165, 1.54) is 12.3 Å². The van der Waals surface area contributed by atoms with E-state index in [-0.39, 0.29) is 11.9 Å². The molecule has 0 saturated carbocycles. The summed E-state index contributed by atoms with van der Waals surface area (Å²) in [6.07, 6.45) is 3.39. The highest BCUT2D eigenvalue weighted by molar-refractivity contribution is 7.18. The third-order valence-electron chi connectivity index (χ3n) is 3.05. The van der Waals surface area contributed by atoms with E-state index in [0.717, 1.165) is 15.2 Å². The number of para-hydroxylation sites is 1. The number of nitrogens with one attached hydrogen (secondary N) is 1. The third-order valence-corrected chi connectivity index (χ3v) is 4.11. The monoisotopic (exact) mass is 288 g/mol. The maximum atomic E-state index is 13.2. The van der Waals surface area contributed by atoms with Gasteiger partial charge in [0, 0.05) is 12.6 Å². The molecule has 0 fully saturated rings. The van der Waals surface area contributed by atoms with Gasteiger partial charge in [0.1, 0.15) is 5.82 Å². The van der Waals surface area contributed by atoms with Gasteiger partial charge in [-0.15, -0.1) is 11.3 Å². The van der Waals surface area contributed by atoms with Crippen LogP contribution in [0.2, 0.25) is 0 Å². The molecule has 0 spiro atoms. The maximum absolute atomic E-state index is 13.2. The van der Waals surface area contributed by atoms with Crippen molar-refractivity contribution in [2.45, 2.75) is 12.5 Å². The largest absolute Gasteiger partial charge is 0.271 e. The number of hydrogen-bond donors (Lipinski definition) is 2. The minimum absolute atomic E-state index is 0.209. The molecule has 0 saturated heterocycles. The fraction of sp³-hybridized carbons (Fsp3) is 0.143. The lowest BCUT2D eigenvalue weighted by molar-refractivity contribution is 0.540. The van der Waals surface area contributed by atoms with Crippen LogP contribution in [-0.2, 0) is 6.42 Å². The van der Waals surface area contributed by atoms with E-state index in [1.54, 1.807) is 17.5 Å². The number of aromatic nitrogens is 2. The number of thiazole rings is 1. The van der Waals surface area contributed by atoms with Crippen LogP contribution in [0.4, 0.5) is 4.39 Å². The second-order valence-electron chi connectivity index (χ2n) is 4.44. The lowest BCUT2D eigenvalue weighted by Gasteiger charge is -2.14. The van der Waals surface area contributed by atoms with Gasteiger partial charge in [-0.2, -0.15) is 0 Å². The van der Waals surface area contributed by atoms with Crippen LogP contribution in [0.1, 0.15) is 16.6 Å². The van der Waals surface area contributed by atoms with Gasteiger partial charge >= 0.3 is 0 Å². The first kappa shape index (κ1) is 13.1. The molecule has 2 heterocycles. The lowest BCUT2D eigenvalue weighted by atomic mass is 10.1. The second kappa shape index (κ2) is 5.62. The molecule has 0 bridgehead atoms. The molecule has 3 rings (SSSR count). The Morgan fingerprint density at radius 2 is 2.15 bits per heavy atom. The number of pyridine rings is 1. The normalized spacial score (nSPS) is 12.7. The summed E-state index contributed by atoms with van der Waals surface area (Å²) in [4.78, 5) is 8.41. The van der Waals surface area contributed by atoms with Gasteiger partial charge in [0.2, 0.25) is 0 Å². The van der Waals surface area contributed by atoms with Crippen molar-refractivity contribution in [3.05, 3.63) is 59.1 Å². The Morgan fingerprint density at radius 1 is 1.30 bits per heavy atom. The molecular formula is C14H13FN4S. The average molecular weight is 288 g/mol. The predicted molar refractivity (Wildman–Crippen MR) is 77.6 cm³/mol. The molecule has 0 aliphatic carbocycles. The Kier molecular flexibility index (Phi) is 3.68. The molecule has 0 aliphatic rings. The summed E-state index contributed by atoms with van der Waals surface area (Å²) in [6.45, 7) is 0. The summed E-state index contributed by atoms with van der Waals surface area (Å²) >= 11 is 1.62. The van der Waals surface area contributed by atoms with E-state index < -0.39 is 0 Å². The van der Waals surface area contributed by atoms with Crippen molar-refractivity contribution < 1.29 is 4.39 Å². The number of hydrazine groups is 1. The molecular weight excluding hydrogens is 275 g/mol. The zero-order valence-electron chi connectivity index (χ0n) is 10.6. The molecule has 0 amide bonds. The number of nitrogens with two attached hydrogens (primary N) is 1. The Hall–Kier alpha value is -1.89. The van der Waals surface area contributed by atoms with Gasteiger partial charge in [-0.25, -0.2) is 9.37 Å². The minimum Gasteiger partial charge on any atom is -0.271 e. The molecule has 3 aromatic rings. The van der Waals surface area contributed by atoms with Gasteiger partial charge < -0.3 is 0 Å². The smallest absolute Gasteiger partial charge is 0.141 e. The van der Waals surface area contributed by atoms with Gasteiger partial charge in [-0.05, 0) is 23.8 Å². The number of rotatable bonds is 4. The molecule has 1 atom stereocenters. The van der Waals surface area contributed by atoms with E-state index in [9.17, 15) is 4.39 Å². The highest BCUT2D eigenvalue weighted by Crippen LogP contribution is 2.25. The summed E-state index contributed by atoms with van der Waals surface area (Å²) in [5.74, 6) is 5.21. The SMILES string of the molecule is NNC(Cc1nc2ccccc2s1)c1cncc(F)c1. The zero-order valence-corrected chi connectivity index (χ0v) is 11.4. The maximum Gasteiger partial charge on any atom is 0.141 e. The molecule has 3 N–H and O–H groups in total. The van der Waals surface area contributed by atoms with Crippen LogP contribution >= 0.6 is 11.3 Å². The van der Waals surface area contributed by atoms with E-state index >= 15 is 0 Å². The van der Waals surface area contributed by atoms with Crippen LogP contribution in [0.25, 0.3) is 10.2 Å². The van der Waals surface area contributed by atoms with E-state index in [4.69, 9.17) is 5.84 Å². The number of nitrogens with zero attached hydrogens (tertiary/aromatic N) is 2. The molecule has 0 radical (unpaired) electrons. The van der Waals surface area contributed by atoms with Crippen molar-refractivity contribution >= 4 is 21.6 Å². The summed E-state index contributed by atoms with van der Waals surface area (Å²) < 4.78 is 14.4. The quantitative estimate of drug-likeness (QED) is 0.572. The van der Waals surface area contributed by atoms with Gasteiger partial charge in [0.25, 0.3) is 0 Å². The highest BCUT2D eigenvalue weighted by Gasteiger charge is 2.14. The van der Waals surface area contributed by atoms with Crippen molar-refractivity contribution in [2.24, 2.45) is 5.84 Å². The van der Waals surface area contributed by atoms with Crippen LogP contribution in [0, 0.1) is 5.82 Å². The zero-order chi connectivity index (χ0) is 13.9. The van der Waals surface area contributed by atoms with Crippen LogP contribution in [0.15, 0.2) is 42.7 Å². The first-order valence-electron chi connectivity index (χ1n) is 6.17. The van der Waals surface area contributed by atoms with Crippen molar-refractivity contribution in [1.29, 1.82) is 0 Å². The minimum atomic E-state index is -0.368. The standard InChI is InChI=1S/C14H13FN4S/c15-10-5-9(7-17-8-10)12(19-16)6-14-18-11-3-1-2-4-13(11)20-14/h1-5,7-8,12,19H,6,16H2. The highest BCUT2D eigenvalue weighted by atomic mass is 32.1. The van der Waals surface area contributed by atoms with E-state index in [1.807, 2.05) is 24.3 Å². The van der Waals surface area contributed by atoms with E-state index in [2.05, 4.69) is 15.4 Å². The van der Waals surface area contributed by atoms with Crippen LogP contribution in [0.5, 0.6) is 0 Å². The van der Waals surface area contributed by atoms with Crippen molar-refractivity contribution in [2.75, 3.05) is 0 Å². The van der Waals surface area contributed by atoms with Crippen molar-refractivity contribution in [3.8, 4) is 0 Å². The average Bonchev–Trinajstić information content (AvgIpc) is 2.87. The first-order chi connectivity index (χ1) is 9.76. The summed E-state index contributed by atoms with van der Waals surface area (Å²) in [5.41, 5.74) is 4.39. The molecule has 20 heavy (non-hydrogen) atoms. The Labute approximate surface area is 119 Å². The number of benzene rings is 1. The van der Waals surface area contributed by atoms with Crippen molar-refractivity contribution in [3.63, 3.8) is 0 Å². The third kappa shape index (κ3) is 2.67. The second-order valence-corrected chi connectivity index (χ2v) is 5.55. The van der Waals surface area contributed by atoms with Crippen LogP contribution in [0.3, 0.4) is 0 Å². The number of hydrogen-bond acceptors (Lipinski definition) is 5. The van der Waals surface area contributed by atoms with Gasteiger partial charge in [-0.3, -0.25) is 16.3 Å². The molecule has 0 aliphatic heterocycles. The summed E-state index contributed by atoms with van der Waals surface area (Å²) in [7, 11) is 0. The molecule has 1 aromatic carbocycles. The summed E-state index contributed by atoms with van der Waals surface area (Å²) in [5, 5.41) is 0.957.